The van der Waals surface area contributed by atoms with Gasteiger partial charge in [-0.2, -0.15) is 0 Å². The van der Waals surface area contributed by atoms with Crippen molar-refractivity contribution in [2.45, 2.75) is 18.9 Å². The van der Waals surface area contributed by atoms with Crippen LogP contribution in [0, 0.1) is 0 Å². The fourth-order valence-electron chi connectivity index (χ4n) is 2.23. The van der Waals surface area contributed by atoms with Crippen molar-refractivity contribution < 1.29 is 9.53 Å². The third-order valence-corrected chi connectivity index (χ3v) is 3.25. The van der Waals surface area contributed by atoms with Crippen LogP contribution in [0.25, 0.3) is 0 Å². The summed E-state index contributed by atoms with van der Waals surface area (Å²) in [6.45, 7) is 3.37. The first-order valence-corrected chi connectivity index (χ1v) is 6.72. The lowest BCUT2D eigenvalue weighted by Gasteiger charge is -2.23. The number of piperidine rings is 1. The molecule has 1 heterocycles. The number of rotatable bonds is 6. The minimum Gasteiger partial charge on any atom is -0.382 e. The molecule has 0 atom stereocenters. The van der Waals surface area contributed by atoms with Gasteiger partial charge < -0.3 is 21.1 Å². The molecular formula is C14H21N3O2. The van der Waals surface area contributed by atoms with Gasteiger partial charge >= 0.3 is 0 Å². The number of anilines is 1. The molecule has 1 fully saturated rings. The van der Waals surface area contributed by atoms with E-state index >= 15 is 0 Å². The van der Waals surface area contributed by atoms with Crippen molar-refractivity contribution in [3.63, 3.8) is 0 Å². The van der Waals surface area contributed by atoms with Gasteiger partial charge in [-0.15, -0.1) is 0 Å². The molecule has 1 aliphatic rings. The zero-order chi connectivity index (χ0) is 13.5. The molecule has 0 saturated carbocycles. The van der Waals surface area contributed by atoms with Crippen LogP contribution in [0.4, 0.5) is 5.69 Å². The Labute approximate surface area is 113 Å². The second kappa shape index (κ2) is 7.11. The molecule has 19 heavy (non-hydrogen) atoms. The van der Waals surface area contributed by atoms with E-state index in [1.165, 1.54) is 0 Å². The molecule has 1 amide bonds. The second-order valence-corrected chi connectivity index (χ2v) is 4.66. The number of hydrogen-bond donors (Lipinski definition) is 3. The average Bonchev–Trinajstić information content (AvgIpc) is 2.45. The second-order valence-electron chi connectivity index (χ2n) is 4.66. The average molecular weight is 263 g/mol. The Kier molecular flexibility index (Phi) is 5.18. The van der Waals surface area contributed by atoms with Crippen LogP contribution in [0.3, 0.4) is 0 Å². The first-order valence-electron chi connectivity index (χ1n) is 6.72. The summed E-state index contributed by atoms with van der Waals surface area (Å²) in [5.41, 5.74) is 6.60. The molecule has 0 aliphatic carbocycles. The van der Waals surface area contributed by atoms with Crippen molar-refractivity contribution in [2.24, 2.45) is 5.73 Å². The van der Waals surface area contributed by atoms with Gasteiger partial charge in [0.1, 0.15) is 0 Å². The van der Waals surface area contributed by atoms with Crippen molar-refractivity contribution in [1.29, 1.82) is 0 Å². The van der Waals surface area contributed by atoms with Crippen molar-refractivity contribution in [3.8, 4) is 0 Å². The highest BCUT2D eigenvalue weighted by atomic mass is 16.5. The first kappa shape index (κ1) is 13.8. The van der Waals surface area contributed by atoms with Crippen LogP contribution in [-0.2, 0) is 4.74 Å². The lowest BCUT2D eigenvalue weighted by molar-refractivity contribution is 0.0394. The van der Waals surface area contributed by atoms with Crippen LogP contribution < -0.4 is 16.4 Å². The van der Waals surface area contributed by atoms with E-state index in [-0.39, 0.29) is 0 Å². The standard InChI is InChI=1S/C14H21N3O2/c15-14(18)12-3-1-2-4-13(12)17-9-10-19-11-5-7-16-8-6-11/h1-4,11,16-17H,5-10H2,(H2,15,18). The molecule has 1 aliphatic heterocycles. The summed E-state index contributed by atoms with van der Waals surface area (Å²) in [6, 6.07) is 7.25. The molecule has 1 aromatic carbocycles. The molecule has 0 spiro atoms. The molecular weight excluding hydrogens is 242 g/mol. The predicted molar refractivity (Wildman–Crippen MR) is 75.3 cm³/mol. The molecule has 0 radical (unpaired) electrons. The van der Waals surface area contributed by atoms with Crippen molar-refractivity contribution in [3.05, 3.63) is 29.8 Å². The van der Waals surface area contributed by atoms with Crippen molar-refractivity contribution in [2.75, 3.05) is 31.6 Å². The molecule has 0 aromatic heterocycles. The highest BCUT2D eigenvalue weighted by Crippen LogP contribution is 2.14. The maximum absolute atomic E-state index is 11.2. The smallest absolute Gasteiger partial charge is 0.250 e. The number of ether oxygens (including phenoxy) is 1. The third kappa shape index (κ3) is 4.22. The lowest BCUT2D eigenvalue weighted by atomic mass is 10.1. The van der Waals surface area contributed by atoms with E-state index in [1.807, 2.05) is 12.1 Å². The Bertz CT molecular complexity index is 417. The summed E-state index contributed by atoms with van der Waals surface area (Å²) in [5.74, 6) is -0.414. The number of carbonyl (C=O) groups is 1. The van der Waals surface area contributed by atoms with E-state index in [0.717, 1.165) is 31.6 Å². The predicted octanol–water partition coefficient (Wildman–Crippen LogP) is 0.966. The fourth-order valence-corrected chi connectivity index (χ4v) is 2.23. The zero-order valence-corrected chi connectivity index (χ0v) is 11.0. The monoisotopic (exact) mass is 263 g/mol. The highest BCUT2D eigenvalue weighted by molar-refractivity contribution is 5.98. The van der Waals surface area contributed by atoms with Crippen LogP contribution in [0.15, 0.2) is 24.3 Å². The largest absolute Gasteiger partial charge is 0.382 e. The minimum atomic E-state index is -0.414. The molecule has 2 rings (SSSR count). The van der Waals surface area contributed by atoms with Crippen LogP contribution in [0.5, 0.6) is 0 Å². The number of nitrogens with two attached hydrogens (primary N) is 1. The quantitative estimate of drug-likeness (QED) is 0.668. The maximum atomic E-state index is 11.2. The van der Waals surface area contributed by atoms with Gasteiger partial charge in [-0.05, 0) is 38.1 Å². The number of primary amides is 1. The third-order valence-electron chi connectivity index (χ3n) is 3.25. The number of amides is 1. The Morgan fingerprint density at radius 3 is 2.84 bits per heavy atom. The number of nitrogens with one attached hydrogen (secondary N) is 2. The lowest BCUT2D eigenvalue weighted by Crippen LogP contribution is -2.33. The Morgan fingerprint density at radius 2 is 2.11 bits per heavy atom. The van der Waals surface area contributed by atoms with Gasteiger partial charge in [-0.25, -0.2) is 0 Å². The molecule has 4 N–H and O–H groups in total. The summed E-state index contributed by atoms with van der Waals surface area (Å²) in [5, 5.41) is 6.50. The molecule has 5 heteroatoms. The van der Waals surface area contributed by atoms with Gasteiger partial charge in [0.05, 0.1) is 18.3 Å². The van der Waals surface area contributed by atoms with Gasteiger partial charge in [-0.3, -0.25) is 4.79 Å². The van der Waals surface area contributed by atoms with Gasteiger partial charge in [0.15, 0.2) is 0 Å². The summed E-state index contributed by atoms with van der Waals surface area (Å²) in [7, 11) is 0. The van der Waals surface area contributed by atoms with Crippen molar-refractivity contribution in [1.82, 2.24) is 5.32 Å². The van der Waals surface area contributed by atoms with E-state index in [9.17, 15) is 4.79 Å². The van der Waals surface area contributed by atoms with E-state index in [4.69, 9.17) is 10.5 Å². The van der Waals surface area contributed by atoms with E-state index in [2.05, 4.69) is 10.6 Å². The number of benzene rings is 1. The topological polar surface area (TPSA) is 76.4 Å². The van der Waals surface area contributed by atoms with E-state index in [0.29, 0.717) is 24.8 Å². The maximum Gasteiger partial charge on any atom is 0.250 e. The summed E-state index contributed by atoms with van der Waals surface area (Å²) >= 11 is 0. The molecule has 1 aromatic rings. The summed E-state index contributed by atoms with van der Waals surface area (Å²) < 4.78 is 5.79. The van der Waals surface area contributed by atoms with E-state index < -0.39 is 5.91 Å². The van der Waals surface area contributed by atoms with E-state index in [1.54, 1.807) is 12.1 Å². The number of para-hydroxylation sites is 1. The number of hydrogen-bond acceptors (Lipinski definition) is 4. The number of carbonyl (C=O) groups excluding carboxylic acids is 1. The van der Waals surface area contributed by atoms with Gasteiger partial charge in [0.25, 0.3) is 5.91 Å². The summed E-state index contributed by atoms with van der Waals surface area (Å²) in [4.78, 5) is 11.2. The Balaban J connectivity index is 1.74. The van der Waals surface area contributed by atoms with Gasteiger partial charge in [-0.1, -0.05) is 12.1 Å². The normalized spacial score (nSPS) is 16.2. The van der Waals surface area contributed by atoms with Crippen LogP contribution in [-0.4, -0.2) is 38.3 Å². The molecule has 0 bridgehead atoms. The Morgan fingerprint density at radius 1 is 1.37 bits per heavy atom. The summed E-state index contributed by atoms with van der Waals surface area (Å²) in [6.07, 6.45) is 2.49. The zero-order valence-electron chi connectivity index (χ0n) is 11.0. The SMILES string of the molecule is NC(=O)c1ccccc1NCCOC1CCNCC1. The van der Waals surface area contributed by atoms with Crippen LogP contribution in [0.2, 0.25) is 0 Å². The van der Waals surface area contributed by atoms with Gasteiger partial charge in [0.2, 0.25) is 0 Å². The van der Waals surface area contributed by atoms with Gasteiger partial charge in [0, 0.05) is 12.2 Å². The minimum absolute atomic E-state index is 0.356. The fraction of sp³-hybridized carbons (Fsp3) is 0.500. The molecule has 1 saturated heterocycles. The Hall–Kier alpha value is -1.59. The molecule has 104 valence electrons. The van der Waals surface area contributed by atoms with Crippen LogP contribution >= 0.6 is 0 Å². The first-order chi connectivity index (χ1) is 9.27. The molecule has 0 unspecified atom stereocenters. The molecule has 5 nitrogen and oxygen atoms in total. The van der Waals surface area contributed by atoms with Crippen LogP contribution in [0.1, 0.15) is 23.2 Å². The van der Waals surface area contributed by atoms with Crippen molar-refractivity contribution >= 4 is 11.6 Å². The highest BCUT2D eigenvalue weighted by Gasteiger charge is 2.12.